The van der Waals surface area contributed by atoms with Crippen molar-refractivity contribution in [2.45, 2.75) is 13.8 Å². The number of hydrogen-bond acceptors (Lipinski definition) is 1. The van der Waals surface area contributed by atoms with Crippen LogP contribution in [0.4, 0.5) is 0 Å². The number of benzene rings is 2. The van der Waals surface area contributed by atoms with Crippen molar-refractivity contribution in [3.63, 3.8) is 0 Å². The number of para-hydroxylation sites is 2. The van der Waals surface area contributed by atoms with E-state index in [0.717, 1.165) is 32.9 Å². The molecular formula is C19H16N2O. The smallest absolute Gasteiger partial charge is 0.225 e. The van der Waals surface area contributed by atoms with Crippen LogP contribution in [0.1, 0.15) is 27.3 Å². The Bertz CT molecular complexity index is 938. The van der Waals surface area contributed by atoms with Gasteiger partial charge < -0.3 is 9.97 Å². The topological polar surface area (TPSA) is 48.6 Å². The third-order valence-corrected chi connectivity index (χ3v) is 4.39. The summed E-state index contributed by atoms with van der Waals surface area (Å²) < 4.78 is 0. The fraction of sp³-hybridized carbons (Fsp3) is 0.105. The van der Waals surface area contributed by atoms with Crippen LogP contribution in [0.25, 0.3) is 21.8 Å². The summed E-state index contributed by atoms with van der Waals surface area (Å²) in [5.41, 5.74) is 5.32. The molecule has 4 rings (SSSR count). The highest BCUT2D eigenvalue weighted by Gasteiger charge is 2.20. The number of nitrogens with one attached hydrogen (secondary N) is 2. The molecule has 2 heterocycles. The summed E-state index contributed by atoms with van der Waals surface area (Å²) in [6.45, 7) is 3.98. The minimum atomic E-state index is 0.0161. The molecular weight excluding hydrogens is 272 g/mol. The van der Waals surface area contributed by atoms with Crippen LogP contribution in [0.15, 0.2) is 48.5 Å². The molecule has 2 N–H and O–H groups in total. The Labute approximate surface area is 128 Å². The minimum absolute atomic E-state index is 0.0161. The molecule has 3 heteroatoms. The lowest BCUT2D eigenvalue weighted by molar-refractivity contribution is 0.103. The second-order valence-corrected chi connectivity index (χ2v) is 5.67. The zero-order valence-corrected chi connectivity index (χ0v) is 12.5. The number of aromatic nitrogens is 2. The average Bonchev–Trinajstić information content (AvgIpc) is 3.06. The van der Waals surface area contributed by atoms with Gasteiger partial charge in [-0.05, 0) is 37.1 Å². The monoisotopic (exact) mass is 288 g/mol. The van der Waals surface area contributed by atoms with E-state index in [2.05, 4.69) is 9.97 Å². The Balaban J connectivity index is 1.92. The molecule has 0 saturated carbocycles. The van der Waals surface area contributed by atoms with Crippen LogP contribution < -0.4 is 0 Å². The van der Waals surface area contributed by atoms with Gasteiger partial charge >= 0.3 is 0 Å². The lowest BCUT2D eigenvalue weighted by Gasteiger charge is -1.99. The van der Waals surface area contributed by atoms with E-state index < -0.39 is 0 Å². The van der Waals surface area contributed by atoms with E-state index in [0.29, 0.717) is 11.4 Å². The Morgan fingerprint density at radius 3 is 1.55 bits per heavy atom. The van der Waals surface area contributed by atoms with Crippen molar-refractivity contribution in [2.75, 3.05) is 0 Å². The summed E-state index contributed by atoms with van der Waals surface area (Å²) in [5, 5.41) is 2.19. The van der Waals surface area contributed by atoms with E-state index in [1.54, 1.807) is 0 Å². The predicted molar refractivity (Wildman–Crippen MR) is 89.5 cm³/mol. The van der Waals surface area contributed by atoms with Crippen LogP contribution in [-0.4, -0.2) is 15.8 Å². The van der Waals surface area contributed by atoms with Crippen LogP contribution >= 0.6 is 0 Å². The fourth-order valence-electron chi connectivity index (χ4n) is 3.14. The molecule has 0 unspecified atom stereocenters. The van der Waals surface area contributed by atoms with Crippen LogP contribution in [0, 0.1) is 13.8 Å². The minimum Gasteiger partial charge on any atom is -0.352 e. The molecule has 2 aromatic carbocycles. The maximum atomic E-state index is 13.0. The summed E-state index contributed by atoms with van der Waals surface area (Å²) in [4.78, 5) is 19.5. The summed E-state index contributed by atoms with van der Waals surface area (Å²) in [7, 11) is 0. The molecule has 0 spiro atoms. The van der Waals surface area contributed by atoms with Crippen molar-refractivity contribution in [1.82, 2.24) is 9.97 Å². The maximum Gasteiger partial charge on any atom is 0.225 e. The number of aromatic amines is 2. The number of fused-ring (bicyclic) bond motifs is 2. The van der Waals surface area contributed by atoms with Gasteiger partial charge in [-0.25, -0.2) is 0 Å². The molecule has 108 valence electrons. The lowest BCUT2D eigenvalue weighted by Crippen LogP contribution is -2.05. The zero-order valence-electron chi connectivity index (χ0n) is 12.5. The van der Waals surface area contributed by atoms with Gasteiger partial charge in [0.2, 0.25) is 5.78 Å². The largest absolute Gasteiger partial charge is 0.352 e. The highest BCUT2D eigenvalue weighted by molar-refractivity contribution is 6.13. The fourth-order valence-corrected chi connectivity index (χ4v) is 3.14. The molecule has 0 atom stereocenters. The van der Waals surface area contributed by atoms with E-state index in [1.165, 1.54) is 0 Å². The predicted octanol–water partition coefficient (Wildman–Crippen LogP) is 4.50. The Morgan fingerprint density at radius 1 is 0.727 bits per heavy atom. The average molecular weight is 288 g/mol. The van der Waals surface area contributed by atoms with E-state index in [-0.39, 0.29) is 5.78 Å². The molecule has 0 aliphatic carbocycles. The van der Waals surface area contributed by atoms with E-state index in [1.807, 2.05) is 62.4 Å². The highest BCUT2D eigenvalue weighted by atomic mass is 16.1. The number of carbonyl (C=O) groups is 1. The van der Waals surface area contributed by atoms with Crippen molar-refractivity contribution in [1.29, 1.82) is 0 Å². The number of carbonyl (C=O) groups excluding carboxylic acids is 1. The van der Waals surface area contributed by atoms with Gasteiger partial charge in [0.1, 0.15) is 0 Å². The molecule has 3 nitrogen and oxygen atoms in total. The van der Waals surface area contributed by atoms with Crippen molar-refractivity contribution in [3.8, 4) is 0 Å². The molecule has 4 aromatic rings. The third kappa shape index (κ3) is 1.72. The van der Waals surface area contributed by atoms with E-state index >= 15 is 0 Å². The van der Waals surface area contributed by atoms with Gasteiger partial charge in [0, 0.05) is 21.8 Å². The van der Waals surface area contributed by atoms with Gasteiger partial charge in [-0.1, -0.05) is 36.4 Å². The van der Waals surface area contributed by atoms with Crippen LogP contribution in [0.3, 0.4) is 0 Å². The molecule has 0 aliphatic heterocycles. The second kappa shape index (κ2) is 4.60. The van der Waals surface area contributed by atoms with Crippen molar-refractivity contribution < 1.29 is 4.79 Å². The van der Waals surface area contributed by atoms with Crippen molar-refractivity contribution in [3.05, 3.63) is 71.0 Å². The quantitative estimate of drug-likeness (QED) is 0.524. The van der Waals surface area contributed by atoms with Crippen LogP contribution in [0.5, 0.6) is 0 Å². The van der Waals surface area contributed by atoms with Gasteiger partial charge in [0.15, 0.2) is 0 Å². The number of rotatable bonds is 2. The maximum absolute atomic E-state index is 13.0. The van der Waals surface area contributed by atoms with Crippen molar-refractivity contribution >= 4 is 27.6 Å². The zero-order chi connectivity index (χ0) is 15.3. The van der Waals surface area contributed by atoms with E-state index in [9.17, 15) is 4.79 Å². The Morgan fingerprint density at radius 2 is 1.14 bits per heavy atom. The Kier molecular flexibility index (Phi) is 2.70. The summed E-state index contributed by atoms with van der Waals surface area (Å²) >= 11 is 0. The van der Waals surface area contributed by atoms with Gasteiger partial charge in [-0.2, -0.15) is 0 Å². The lowest BCUT2D eigenvalue weighted by atomic mass is 10.1. The Hall–Kier alpha value is -2.81. The SMILES string of the molecule is Cc1c(C(=O)c2[nH]c3ccccc3c2C)[nH]c2ccccc12. The first-order valence-corrected chi connectivity index (χ1v) is 7.36. The molecule has 0 aliphatic rings. The van der Waals surface area contributed by atoms with Crippen molar-refractivity contribution in [2.24, 2.45) is 0 Å². The molecule has 0 fully saturated rings. The van der Waals surface area contributed by atoms with Crippen LogP contribution in [0.2, 0.25) is 0 Å². The molecule has 0 bridgehead atoms. The molecule has 0 amide bonds. The standard InChI is InChI=1S/C19H16N2O/c1-11-13-7-3-5-9-15(13)20-17(11)19(22)18-12(2)14-8-4-6-10-16(14)21-18/h3-10,20-21H,1-2H3. The normalized spacial score (nSPS) is 11.4. The number of hydrogen-bond donors (Lipinski definition) is 2. The summed E-state index contributed by atoms with van der Waals surface area (Å²) in [6, 6.07) is 16.0. The van der Waals surface area contributed by atoms with Crippen LogP contribution in [-0.2, 0) is 0 Å². The number of aryl methyl sites for hydroxylation is 2. The van der Waals surface area contributed by atoms with Gasteiger partial charge in [0.05, 0.1) is 11.4 Å². The molecule has 0 saturated heterocycles. The first kappa shape index (κ1) is 12.9. The molecule has 22 heavy (non-hydrogen) atoms. The first-order chi connectivity index (χ1) is 10.7. The summed E-state index contributed by atoms with van der Waals surface area (Å²) in [5.74, 6) is 0.0161. The second-order valence-electron chi connectivity index (χ2n) is 5.67. The third-order valence-electron chi connectivity index (χ3n) is 4.39. The highest BCUT2D eigenvalue weighted by Crippen LogP contribution is 2.27. The van der Waals surface area contributed by atoms with Gasteiger partial charge in [-0.15, -0.1) is 0 Å². The summed E-state index contributed by atoms with van der Waals surface area (Å²) in [6.07, 6.45) is 0. The van der Waals surface area contributed by atoms with E-state index in [4.69, 9.17) is 0 Å². The number of H-pyrrole nitrogens is 2. The van der Waals surface area contributed by atoms with Gasteiger partial charge in [-0.3, -0.25) is 4.79 Å². The van der Waals surface area contributed by atoms with Gasteiger partial charge in [0.25, 0.3) is 0 Å². The number of ketones is 1. The molecule has 0 radical (unpaired) electrons. The first-order valence-electron chi connectivity index (χ1n) is 7.36. The molecule has 2 aromatic heterocycles.